The summed E-state index contributed by atoms with van der Waals surface area (Å²) in [6, 6.07) is 4.67. The van der Waals surface area contributed by atoms with E-state index in [0.29, 0.717) is 16.5 Å². The van der Waals surface area contributed by atoms with Gasteiger partial charge in [0.25, 0.3) is 0 Å². The van der Waals surface area contributed by atoms with E-state index < -0.39 is 11.7 Å². The van der Waals surface area contributed by atoms with Crippen molar-refractivity contribution in [3.8, 4) is 0 Å². The van der Waals surface area contributed by atoms with Crippen molar-refractivity contribution in [3.05, 3.63) is 34.1 Å². The smallest absolute Gasteiger partial charge is 0.127 e. The third-order valence-corrected chi connectivity index (χ3v) is 3.36. The molecule has 90 valence electrons. The Labute approximate surface area is 103 Å². The molecule has 16 heavy (non-hydrogen) atoms. The fourth-order valence-electron chi connectivity index (χ4n) is 1.35. The lowest BCUT2D eigenvalue weighted by Crippen LogP contribution is -2.40. The highest BCUT2D eigenvalue weighted by atomic mass is 79.9. The zero-order valence-electron chi connectivity index (χ0n) is 9.37. The molecular weight excluding hydrogens is 275 g/mol. The molecule has 0 bridgehead atoms. The molecule has 0 amide bonds. The van der Waals surface area contributed by atoms with Crippen LogP contribution in [-0.2, 0) is 6.42 Å². The van der Waals surface area contributed by atoms with Gasteiger partial charge in [-0.15, -0.1) is 0 Å². The van der Waals surface area contributed by atoms with Crippen LogP contribution in [0.5, 0.6) is 0 Å². The zero-order chi connectivity index (χ0) is 12.3. The first-order chi connectivity index (χ1) is 7.36. The van der Waals surface area contributed by atoms with Crippen LogP contribution < -0.4 is 0 Å². The summed E-state index contributed by atoms with van der Waals surface area (Å²) in [5.74, 6) is -0.375. The van der Waals surface area contributed by atoms with Crippen LogP contribution in [0, 0.1) is 5.82 Å². The molecule has 4 heteroatoms. The summed E-state index contributed by atoms with van der Waals surface area (Å²) < 4.78 is 14.1. The number of halogens is 2. The minimum atomic E-state index is -1.18. The van der Waals surface area contributed by atoms with Crippen molar-refractivity contribution in [2.24, 2.45) is 0 Å². The maximum Gasteiger partial charge on any atom is 0.127 e. The highest BCUT2D eigenvalue weighted by Gasteiger charge is 2.28. The van der Waals surface area contributed by atoms with Crippen molar-refractivity contribution in [2.75, 3.05) is 0 Å². The van der Waals surface area contributed by atoms with Crippen molar-refractivity contribution in [2.45, 2.75) is 38.4 Å². The molecule has 2 N–H and O–H groups in total. The average Bonchev–Trinajstić information content (AvgIpc) is 2.22. The monoisotopic (exact) mass is 290 g/mol. The van der Waals surface area contributed by atoms with E-state index in [1.54, 1.807) is 26.0 Å². The Kier molecular flexibility index (Phi) is 4.47. The first-order valence-corrected chi connectivity index (χ1v) is 6.00. The molecule has 0 fully saturated rings. The molecule has 0 saturated carbocycles. The quantitative estimate of drug-likeness (QED) is 0.895. The Bertz CT molecular complexity index is 366. The van der Waals surface area contributed by atoms with Crippen molar-refractivity contribution in [3.63, 3.8) is 0 Å². The minimum Gasteiger partial charge on any atom is -0.390 e. The van der Waals surface area contributed by atoms with Gasteiger partial charge in [-0.05, 0) is 31.0 Å². The molecule has 0 aliphatic rings. The van der Waals surface area contributed by atoms with Crippen LogP contribution in [0.4, 0.5) is 4.39 Å². The maximum absolute atomic E-state index is 13.5. The third-order valence-electron chi connectivity index (χ3n) is 2.86. The number of aliphatic hydroxyl groups excluding tert-OH is 1. The Morgan fingerprint density at radius 1 is 1.50 bits per heavy atom. The largest absolute Gasteiger partial charge is 0.390 e. The van der Waals surface area contributed by atoms with Gasteiger partial charge in [-0.1, -0.05) is 28.9 Å². The van der Waals surface area contributed by atoms with Gasteiger partial charge in [0.05, 0.1) is 11.7 Å². The third kappa shape index (κ3) is 3.27. The van der Waals surface area contributed by atoms with Crippen molar-refractivity contribution in [1.82, 2.24) is 0 Å². The number of aliphatic hydroxyl groups is 2. The van der Waals surface area contributed by atoms with Gasteiger partial charge in [0.15, 0.2) is 0 Å². The van der Waals surface area contributed by atoms with Crippen LogP contribution in [0.3, 0.4) is 0 Å². The van der Waals surface area contributed by atoms with Gasteiger partial charge in [0.2, 0.25) is 0 Å². The van der Waals surface area contributed by atoms with E-state index >= 15 is 0 Å². The van der Waals surface area contributed by atoms with Crippen LogP contribution in [0.15, 0.2) is 22.7 Å². The number of hydrogen-bond donors (Lipinski definition) is 2. The lowest BCUT2D eigenvalue weighted by atomic mass is 9.91. The van der Waals surface area contributed by atoms with Gasteiger partial charge >= 0.3 is 0 Å². The number of hydrogen-bond acceptors (Lipinski definition) is 2. The molecule has 0 aliphatic carbocycles. The van der Waals surface area contributed by atoms with E-state index in [1.165, 1.54) is 6.07 Å². The molecular formula is C12H16BrFO2. The summed E-state index contributed by atoms with van der Waals surface area (Å²) in [6.45, 7) is 3.33. The number of benzene rings is 1. The summed E-state index contributed by atoms with van der Waals surface area (Å²) in [4.78, 5) is 0. The summed E-state index contributed by atoms with van der Waals surface area (Å²) in [6.07, 6.45) is -0.431. The molecule has 0 radical (unpaired) electrons. The highest BCUT2D eigenvalue weighted by molar-refractivity contribution is 9.10. The van der Waals surface area contributed by atoms with Gasteiger partial charge in [-0.3, -0.25) is 0 Å². The molecule has 0 saturated heterocycles. The second-order valence-electron chi connectivity index (χ2n) is 4.17. The topological polar surface area (TPSA) is 40.5 Å². The normalized spacial score (nSPS) is 16.9. The zero-order valence-corrected chi connectivity index (χ0v) is 11.0. The molecule has 0 heterocycles. The Morgan fingerprint density at radius 3 is 2.62 bits per heavy atom. The minimum absolute atomic E-state index is 0.111. The highest BCUT2D eigenvalue weighted by Crippen LogP contribution is 2.21. The van der Waals surface area contributed by atoms with Gasteiger partial charge in [0, 0.05) is 10.9 Å². The molecule has 1 aromatic carbocycles. The van der Waals surface area contributed by atoms with Gasteiger partial charge in [-0.25, -0.2) is 4.39 Å². The second kappa shape index (κ2) is 5.25. The summed E-state index contributed by atoms with van der Waals surface area (Å²) >= 11 is 3.16. The molecule has 1 rings (SSSR count). The molecule has 2 atom stereocenters. The standard InChI is InChI=1S/C12H16BrFO2/c1-3-12(2,16)11(15)6-8-4-5-9(13)7-10(8)14/h4-5,7,11,15-16H,3,6H2,1-2H3. The molecule has 0 spiro atoms. The van der Waals surface area contributed by atoms with E-state index in [0.717, 1.165) is 0 Å². The molecule has 2 nitrogen and oxygen atoms in total. The lowest BCUT2D eigenvalue weighted by Gasteiger charge is -2.27. The van der Waals surface area contributed by atoms with E-state index in [1.807, 2.05) is 0 Å². The van der Waals surface area contributed by atoms with Crippen molar-refractivity contribution in [1.29, 1.82) is 0 Å². The summed E-state index contributed by atoms with van der Waals surface area (Å²) in [5, 5.41) is 19.6. The van der Waals surface area contributed by atoms with Crippen LogP contribution in [0.2, 0.25) is 0 Å². The molecule has 2 unspecified atom stereocenters. The second-order valence-corrected chi connectivity index (χ2v) is 5.08. The van der Waals surface area contributed by atoms with Gasteiger partial charge in [-0.2, -0.15) is 0 Å². The fraction of sp³-hybridized carbons (Fsp3) is 0.500. The van der Waals surface area contributed by atoms with Crippen molar-refractivity contribution < 1.29 is 14.6 Å². The van der Waals surface area contributed by atoms with Crippen LogP contribution in [0.25, 0.3) is 0 Å². The first kappa shape index (κ1) is 13.6. The average molecular weight is 291 g/mol. The van der Waals surface area contributed by atoms with Crippen LogP contribution in [0.1, 0.15) is 25.8 Å². The first-order valence-electron chi connectivity index (χ1n) is 5.21. The van der Waals surface area contributed by atoms with Crippen molar-refractivity contribution >= 4 is 15.9 Å². The van der Waals surface area contributed by atoms with Crippen LogP contribution in [-0.4, -0.2) is 21.9 Å². The molecule has 1 aromatic rings. The van der Waals surface area contributed by atoms with Crippen LogP contribution >= 0.6 is 15.9 Å². The predicted molar refractivity (Wildman–Crippen MR) is 64.7 cm³/mol. The van der Waals surface area contributed by atoms with Gasteiger partial charge in [0.1, 0.15) is 5.82 Å². The fourth-order valence-corrected chi connectivity index (χ4v) is 1.68. The summed E-state index contributed by atoms with van der Waals surface area (Å²) in [7, 11) is 0. The van der Waals surface area contributed by atoms with E-state index in [9.17, 15) is 14.6 Å². The Morgan fingerprint density at radius 2 is 2.12 bits per heavy atom. The SMILES string of the molecule is CCC(C)(O)C(O)Cc1ccc(Br)cc1F. The Balaban J connectivity index is 2.81. The van der Waals surface area contributed by atoms with E-state index in [4.69, 9.17) is 0 Å². The van der Waals surface area contributed by atoms with E-state index in [-0.39, 0.29) is 12.2 Å². The number of rotatable bonds is 4. The van der Waals surface area contributed by atoms with E-state index in [2.05, 4.69) is 15.9 Å². The predicted octanol–water partition coefficient (Wildman–Crippen LogP) is 2.65. The Hall–Kier alpha value is -0.450. The maximum atomic E-state index is 13.5. The lowest BCUT2D eigenvalue weighted by molar-refractivity contribution is -0.0632. The molecule has 0 aliphatic heterocycles. The summed E-state index contributed by atoms with van der Waals surface area (Å²) in [5.41, 5.74) is -0.774. The molecule has 0 aromatic heterocycles. The van der Waals surface area contributed by atoms with Gasteiger partial charge < -0.3 is 10.2 Å².